The summed E-state index contributed by atoms with van der Waals surface area (Å²) in [4.78, 5) is 3.96. The summed E-state index contributed by atoms with van der Waals surface area (Å²) in [5, 5.41) is 0. The Hall–Kier alpha value is -0.670. The minimum absolute atomic E-state index is 0.121. The summed E-state index contributed by atoms with van der Waals surface area (Å²) >= 11 is 5.35. The van der Waals surface area contributed by atoms with Gasteiger partial charge in [0.2, 0.25) is 0 Å². The Morgan fingerprint density at radius 1 is 1.17 bits per heavy atom. The molecule has 0 fully saturated rings. The minimum Gasteiger partial charge on any atom is -0.280 e. The van der Waals surface area contributed by atoms with Crippen LogP contribution in [-0.2, 0) is 10.0 Å². The highest BCUT2D eigenvalue weighted by Gasteiger charge is 2.14. The van der Waals surface area contributed by atoms with E-state index < -0.39 is 10.0 Å². The summed E-state index contributed by atoms with van der Waals surface area (Å²) in [5.74, 6) is 0. The Morgan fingerprint density at radius 2 is 1.83 bits per heavy atom. The maximum atomic E-state index is 12.1. The Morgan fingerprint density at radius 3 is 2.44 bits per heavy atom. The minimum atomic E-state index is -3.59. The van der Waals surface area contributed by atoms with Crippen molar-refractivity contribution < 1.29 is 8.42 Å². The van der Waals surface area contributed by atoms with E-state index in [0.29, 0.717) is 10.2 Å². The molecule has 0 aliphatic rings. The highest BCUT2D eigenvalue weighted by Crippen LogP contribution is 2.19. The van der Waals surface area contributed by atoms with Crippen LogP contribution in [0.4, 0.5) is 5.69 Å². The van der Waals surface area contributed by atoms with Crippen LogP contribution in [-0.4, -0.2) is 13.4 Å². The number of aromatic nitrogens is 1. The Balaban J connectivity index is 2.30. The van der Waals surface area contributed by atoms with Crippen molar-refractivity contribution in [1.82, 2.24) is 4.98 Å². The maximum Gasteiger partial charge on any atom is 0.263 e. The molecule has 94 valence electrons. The second-order valence-electron chi connectivity index (χ2n) is 3.45. The number of halogens is 2. The van der Waals surface area contributed by atoms with Gasteiger partial charge in [-0.1, -0.05) is 0 Å². The van der Waals surface area contributed by atoms with Crippen LogP contribution >= 0.6 is 38.5 Å². The predicted octanol–water partition coefficient (Wildman–Crippen LogP) is 3.25. The second-order valence-corrected chi connectivity index (χ2v) is 7.29. The number of anilines is 1. The first-order chi connectivity index (χ1) is 8.47. The van der Waals surface area contributed by atoms with E-state index in [1.165, 1.54) is 18.5 Å². The van der Waals surface area contributed by atoms with Gasteiger partial charge in [-0.2, -0.15) is 0 Å². The van der Waals surface area contributed by atoms with Gasteiger partial charge in [-0.3, -0.25) is 9.71 Å². The lowest BCUT2D eigenvalue weighted by Crippen LogP contribution is -2.13. The van der Waals surface area contributed by atoms with Gasteiger partial charge in [0, 0.05) is 26.1 Å². The summed E-state index contributed by atoms with van der Waals surface area (Å²) in [5.41, 5.74) is 0.524. The van der Waals surface area contributed by atoms with Crippen molar-refractivity contribution in [1.29, 1.82) is 0 Å². The summed E-state index contributed by atoms with van der Waals surface area (Å²) in [7, 11) is -3.59. The lowest BCUT2D eigenvalue weighted by Gasteiger charge is -2.07. The third-order valence-corrected chi connectivity index (χ3v) is 4.59. The molecule has 0 amide bonds. The normalized spacial score (nSPS) is 11.2. The maximum absolute atomic E-state index is 12.1. The third-order valence-electron chi connectivity index (χ3n) is 2.09. The lowest BCUT2D eigenvalue weighted by molar-refractivity contribution is 0.600. The summed E-state index contributed by atoms with van der Waals surface area (Å²) in [6.45, 7) is 0. The van der Waals surface area contributed by atoms with Crippen LogP contribution in [0.3, 0.4) is 0 Å². The van der Waals surface area contributed by atoms with Crippen molar-refractivity contribution in [2.24, 2.45) is 0 Å². The Labute approximate surface area is 127 Å². The van der Waals surface area contributed by atoms with Gasteiger partial charge in [0.05, 0.1) is 0 Å². The number of benzene rings is 1. The smallest absolute Gasteiger partial charge is 0.263 e. The molecule has 1 heterocycles. The van der Waals surface area contributed by atoms with E-state index in [1.807, 2.05) is 12.1 Å². The van der Waals surface area contributed by atoms with Crippen molar-refractivity contribution in [3.63, 3.8) is 0 Å². The van der Waals surface area contributed by atoms with Crippen molar-refractivity contribution >= 4 is 54.2 Å². The first-order valence-electron chi connectivity index (χ1n) is 4.86. The number of nitrogens with one attached hydrogen (secondary N) is 1. The van der Waals surface area contributed by atoms with Crippen LogP contribution in [0.5, 0.6) is 0 Å². The molecule has 0 unspecified atom stereocenters. The molecule has 0 bridgehead atoms. The zero-order valence-corrected chi connectivity index (χ0v) is 13.5. The predicted molar refractivity (Wildman–Crippen MR) is 81.9 cm³/mol. The van der Waals surface area contributed by atoms with E-state index in [-0.39, 0.29) is 4.90 Å². The van der Waals surface area contributed by atoms with Crippen LogP contribution in [0.1, 0.15) is 0 Å². The van der Waals surface area contributed by atoms with Crippen LogP contribution in [0, 0.1) is 3.57 Å². The quantitative estimate of drug-likeness (QED) is 0.748. The molecule has 18 heavy (non-hydrogen) atoms. The zero-order chi connectivity index (χ0) is 13.2. The van der Waals surface area contributed by atoms with Crippen LogP contribution in [0.15, 0.2) is 52.1 Å². The molecule has 7 heteroatoms. The fourth-order valence-electron chi connectivity index (χ4n) is 1.27. The van der Waals surface area contributed by atoms with Gasteiger partial charge >= 0.3 is 0 Å². The Bertz CT molecular complexity index is 659. The molecule has 2 rings (SSSR count). The number of hydrogen-bond acceptors (Lipinski definition) is 3. The van der Waals surface area contributed by atoms with Gasteiger partial charge in [0.15, 0.2) is 0 Å². The van der Waals surface area contributed by atoms with Gasteiger partial charge in [-0.25, -0.2) is 8.42 Å². The highest BCUT2D eigenvalue weighted by atomic mass is 127. The van der Waals surface area contributed by atoms with E-state index in [9.17, 15) is 8.42 Å². The van der Waals surface area contributed by atoms with Gasteiger partial charge in [0.25, 0.3) is 10.0 Å². The number of hydrogen-bond donors (Lipinski definition) is 1. The SMILES string of the molecule is O=S(=O)(Nc1ccc(I)cc1)c1cncc(Br)c1. The van der Waals surface area contributed by atoms with E-state index in [4.69, 9.17) is 0 Å². The largest absolute Gasteiger partial charge is 0.280 e. The fraction of sp³-hybridized carbons (Fsp3) is 0. The lowest BCUT2D eigenvalue weighted by atomic mass is 10.3. The van der Waals surface area contributed by atoms with Gasteiger partial charge in [-0.05, 0) is 68.9 Å². The molecule has 2 aromatic rings. The molecule has 0 aliphatic heterocycles. The number of pyridine rings is 1. The average Bonchev–Trinajstić information content (AvgIpc) is 2.32. The molecule has 0 radical (unpaired) electrons. The van der Waals surface area contributed by atoms with E-state index >= 15 is 0 Å². The van der Waals surface area contributed by atoms with Crippen molar-refractivity contribution in [3.05, 3.63) is 50.8 Å². The molecule has 0 spiro atoms. The third kappa shape index (κ3) is 3.42. The molecule has 0 atom stereocenters. The fourth-order valence-corrected chi connectivity index (χ4v) is 3.19. The summed E-state index contributed by atoms with van der Waals surface area (Å²) in [6, 6.07) is 8.59. The first kappa shape index (κ1) is 13.8. The number of sulfonamides is 1. The summed E-state index contributed by atoms with van der Waals surface area (Å²) < 4.78 is 28.3. The topological polar surface area (TPSA) is 59.1 Å². The average molecular weight is 439 g/mol. The zero-order valence-electron chi connectivity index (χ0n) is 8.97. The monoisotopic (exact) mass is 438 g/mol. The van der Waals surface area contributed by atoms with Gasteiger partial charge in [0.1, 0.15) is 4.90 Å². The molecule has 0 aliphatic carbocycles. The van der Waals surface area contributed by atoms with E-state index in [2.05, 4.69) is 48.2 Å². The van der Waals surface area contributed by atoms with Crippen molar-refractivity contribution in [2.45, 2.75) is 4.90 Å². The van der Waals surface area contributed by atoms with Crippen LogP contribution < -0.4 is 4.72 Å². The second kappa shape index (κ2) is 5.54. The molecular weight excluding hydrogens is 431 g/mol. The molecule has 1 aromatic heterocycles. The molecule has 1 aromatic carbocycles. The molecule has 0 saturated carbocycles. The molecular formula is C11H8BrIN2O2S. The highest BCUT2D eigenvalue weighted by molar-refractivity contribution is 14.1. The number of rotatable bonds is 3. The van der Waals surface area contributed by atoms with Crippen LogP contribution in [0.2, 0.25) is 0 Å². The van der Waals surface area contributed by atoms with E-state index in [1.54, 1.807) is 12.1 Å². The van der Waals surface area contributed by atoms with Crippen molar-refractivity contribution in [3.8, 4) is 0 Å². The molecule has 0 saturated heterocycles. The van der Waals surface area contributed by atoms with Gasteiger partial charge in [-0.15, -0.1) is 0 Å². The first-order valence-corrected chi connectivity index (χ1v) is 8.22. The van der Waals surface area contributed by atoms with E-state index in [0.717, 1.165) is 3.57 Å². The number of nitrogens with zero attached hydrogens (tertiary/aromatic N) is 1. The van der Waals surface area contributed by atoms with Crippen LogP contribution in [0.25, 0.3) is 0 Å². The standard InChI is InChI=1S/C11H8BrIN2O2S/c12-8-5-11(7-14-6-8)18(16,17)15-10-3-1-9(13)2-4-10/h1-7,15H. The summed E-state index contributed by atoms with van der Waals surface area (Å²) in [6.07, 6.45) is 2.84. The Kier molecular flexibility index (Phi) is 4.23. The van der Waals surface area contributed by atoms with Gasteiger partial charge < -0.3 is 0 Å². The molecule has 4 nitrogen and oxygen atoms in total. The molecule has 1 N–H and O–H groups in total. The van der Waals surface area contributed by atoms with Crippen molar-refractivity contribution in [2.75, 3.05) is 4.72 Å².